The Morgan fingerprint density at radius 3 is 2.73 bits per heavy atom. The van der Waals surface area contributed by atoms with Gasteiger partial charge in [0.1, 0.15) is 0 Å². The van der Waals surface area contributed by atoms with Crippen molar-refractivity contribution in [3.05, 3.63) is 34.4 Å². The third kappa shape index (κ3) is 3.75. The second kappa shape index (κ2) is 7.36. The Morgan fingerprint density at radius 2 is 2.14 bits per heavy atom. The van der Waals surface area contributed by atoms with Crippen LogP contribution in [0.3, 0.4) is 0 Å². The molecule has 2 rings (SSSR count). The zero-order valence-corrected chi connectivity index (χ0v) is 13.8. The summed E-state index contributed by atoms with van der Waals surface area (Å²) in [4.78, 5) is 10.1. The van der Waals surface area contributed by atoms with Crippen LogP contribution in [0, 0.1) is 16.0 Å². The maximum Gasteiger partial charge on any atom is 0.270 e. The second-order valence-corrected chi connectivity index (χ2v) is 7.28. The molecular weight excluding hydrogens is 330 g/mol. The highest BCUT2D eigenvalue weighted by atomic mass is 35.5. The lowest BCUT2D eigenvalue weighted by Gasteiger charge is -2.36. The Morgan fingerprint density at radius 1 is 1.45 bits per heavy atom. The molecule has 7 nitrogen and oxygen atoms in total. The van der Waals surface area contributed by atoms with Crippen molar-refractivity contribution in [2.75, 3.05) is 13.1 Å². The van der Waals surface area contributed by atoms with E-state index in [0.29, 0.717) is 18.9 Å². The predicted molar refractivity (Wildman–Crippen MR) is 85.5 cm³/mol. The van der Waals surface area contributed by atoms with Gasteiger partial charge in [-0.1, -0.05) is 13.0 Å². The number of halogens is 1. The number of nitrogens with two attached hydrogens (primary N) is 1. The normalized spacial score (nSPS) is 22.8. The van der Waals surface area contributed by atoms with Crippen LogP contribution in [0.5, 0.6) is 0 Å². The van der Waals surface area contributed by atoms with E-state index < -0.39 is 14.9 Å². The Kier molecular flexibility index (Phi) is 6.30. The summed E-state index contributed by atoms with van der Waals surface area (Å²) in [6.45, 7) is 2.71. The van der Waals surface area contributed by atoms with Crippen LogP contribution in [-0.4, -0.2) is 36.8 Å². The summed E-state index contributed by atoms with van der Waals surface area (Å²) in [5.74, 6) is 0.426. The van der Waals surface area contributed by atoms with E-state index in [9.17, 15) is 18.5 Å². The molecule has 9 heteroatoms. The highest BCUT2D eigenvalue weighted by Crippen LogP contribution is 2.29. The van der Waals surface area contributed by atoms with Crippen molar-refractivity contribution >= 4 is 28.1 Å². The smallest absolute Gasteiger partial charge is 0.270 e. The Labute approximate surface area is 136 Å². The molecule has 0 bridgehead atoms. The lowest BCUT2D eigenvalue weighted by atomic mass is 9.94. The summed E-state index contributed by atoms with van der Waals surface area (Å²) in [6, 6.07) is 4.89. The lowest BCUT2D eigenvalue weighted by molar-refractivity contribution is -0.385. The molecule has 1 saturated heterocycles. The number of nitro benzene ring substituents is 1. The van der Waals surface area contributed by atoms with Gasteiger partial charge in [0.25, 0.3) is 5.69 Å². The fourth-order valence-electron chi connectivity index (χ4n) is 2.65. The topological polar surface area (TPSA) is 107 Å². The van der Waals surface area contributed by atoms with Crippen LogP contribution >= 0.6 is 12.4 Å². The summed E-state index contributed by atoms with van der Waals surface area (Å²) < 4.78 is 26.8. The first kappa shape index (κ1) is 18.8. The molecule has 2 N–H and O–H groups in total. The van der Waals surface area contributed by atoms with Gasteiger partial charge < -0.3 is 5.73 Å². The van der Waals surface area contributed by atoms with Gasteiger partial charge in [-0.3, -0.25) is 10.1 Å². The molecule has 1 fully saturated rings. The molecule has 124 valence electrons. The van der Waals surface area contributed by atoms with Crippen LogP contribution in [0.4, 0.5) is 5.69 Å². The second-order valence-electron chi connectivity index (χ2n) is 5.39. The van der Waals surface area contributed by atoms with E-state index in [1.165, 1.54) is 22.5 Å². The van der Waals surface area contributed by atoms with E-state index in [-0.39, 0.29) is 35.6 Å². The van der Waals surface area contributed by atoms with Gasteiger partial charge in [-0.15, -0.1) is 12.4 Å². The van der Waals surface area contributed by atoms with Crippen LogP contribution < -0.4 is 5.73 Å². The Balaban J connectivity index is 0.00000242. The summed E-state index contributed by atoms with van der Waals surface area (Å²) in [6.07, 6.45) is 1.48. The van der Waals surface area contributed by atoms with Crippen molar-refractivity contribution in [1.82, 2.24) is 4.31 Å². The van der Waals surface area contributed by atoms with Gasteiger partial charge in [-0.2, -0.15) is 4.31 Å². The molecule has 1 heterocycles. The molecule has 2 unspecified atom stereocenters. The van der Waals surface area contributed by atoms with Crippen molar-refractivity contribution in [3.63, 3.8) is 0 Å². The number of hydrogen-bond donors (Lipinski definition) is 1. The zero-order valence-electron chi connectivity index (χ0n) is 12.2. The fraction of sp³-hybridized carbons (Fsp3) is 0.538. The van der Waals surface area contributed by atoms with Gasteiger partial charge in [0.15, 0.2) is 0 Å². The molecule has 2 atom stereocenters. The number of benzene rings is 1. The number of nitro groups is 1. The number of rotatable bonds is 4. The van der Waals surface area contributed by atoms with E-state index in [2.05, 4.69) is 6.92 Å². The van der Waals surface area contributed by atoms with Gasteiger partial charge in [0.2, 0.25) is 10.0 Å². The van der Waals surface area contributed by atoms with Gasteiger partial charge in [0.05, 0.1) is 9.82 Å². The van der Waals surface area contributed by atoms with E-state index in [0.717, 1.165) is 12.5 Å². The van der Waals surface area contributed by atoms with Gasteiger partial charge in [0, 0.05) is 31.3 Å². The van der Waals surface area contributed by atoms with Crippen LogP contribution in [0.2, 0.25) is 0 Å². The lowest BCUT2D eigenvalue weighted by Crippen LogP contribution is -2.49. The number of sulfonamides is 1. The average Bonchev–Trinajstić information content (AvgIpc) is 2.46. The first-order valence-corrected chi connectivity index (χ1v) is 8.26. The molecule has 1 aromatic carbocycles. The maximum absolute atomic E-state index is 12.7. The first-order chi connectivity index (χ1) is 9.86. The van der Waals surface area contributed by atoms with Gasteiger partial charge >= 0.3 is 0 Å². The molecule has 0 spiro atoms. The van der Waals surface area contributed by atoms with Gasteiger partial charge in [-0.25, -0.2) is 8.42 Å². The fourth-order valence-corrected chi connectivity index (χ4v) is 4.35. The van der Waals surface area contributed by atoms with Crippen molar-refractivity contribution in [3.8, 4) is 0 Å². The molecule has 1 aromatic rings. The zero-order chi connectivity index (χ0) is 15.6. The Hall–Kier alpha value is -1.22. The molecule has 0 aliphatic carbocycles. The third-order valence-corrected chi connectivity index (χ3v) is 5.78. The highest BCUT2D eigenvalue weighted by molar-refractivity contribution is 7.89. The minimum absolute atomic E-state index is 0. The van der Waals surface area contributed by atoms with Crippen LogP contribution in [0.25, 0.3) is 0 Å². The molecule has 22 heavy (non-hydrogen) atoms. The highest BCUT2D eigenvalue weighted by Gasteiger charge is 2.35. The SMILES string of the molecule is CC1CCN(S(=O)(=O)c2cccc([N+](=O)[O-])c2)C(CN)C1.Cl. The summed E-state index contributed by atoms with van der Waals surface area (Å²) >= 11 is 0. The van der Waals surface area contributed by atoms with Crippen molar-refractivity contribution < 1.29 is 13.3 Å². The monoisotopic (exact) mass is 349 g/mol. The minimum atomic E-state index is -3.75. The molecule has 0 saturated carbocycles. The van der Waals surface area contributed by atoms with E-state index in [1.54, 1.807) is 0 Å². The maximum atomic E-state index is 12.7. The standard InChI is InChI=1S/C13H19N3O4S.ClH/c1-10-5-6-15(12(7-10)9-14)21(19,20)13-4-2-3-11(8-13)16(17)18;/h2-4,8,10,12H,5-7,9,14H2,1H3;1H. The summed E-state index contributed by atoms with van der Waals surface area (Å²) in [5.41, 5.74) is 5.46. The molecular formula is C13H20ClN3O4S. The van der Waals surface area contributed by atoms with Crippen molar-refractivity contribution in [2.45, 2.75) is 30.7 Å². The number of non-ortho nitro benzene ring substituents is 1. The third-order valence-electron chi connectivity index (χ3n) is 3.83. The van der Waals surface area contributed by atoms with E-state index >= 15 is 0 Å². The summed E-state index contributed by atoms with van der Waals surface area (Å²) in [7, 11) is -3.75. The van der Waals surface area contributed by atoms with Gasteiger partial charge in [-0.05, 0) is 24.8 Å². The average molecular weight is 350 g/mol. The quantitative estimate of drug-likeness (QED) is 0.658. The molecule has 0 radical (unpaired) electrons. The predicted octanol–water partition coefficient (Wildman–Crippen LogP) is 1.76. The number of hydrogen-bond acceptors (Lipinski definition) is 5. The molecule has 0 amide bonds. The van der Waals surface area contributed by atoms with Crippen LogP contribution in [-0.2, 0) is 10.0 Å². The van der Waals surface area contributed by atoms with E-state index in [4.69, 9.17) is 5.73 Å². The first-order valence-electron chi connectivity index (χ1n) is 6.82. The molecule has 1 aliphatic heterocycles. The largest absolute Gasteiger partial charge is 0.329 e. The molecule has 0 aromatic heterocycles. The van der Waals surface area contributed by atoms with Crippen molar-refractivity contribution in [2.24, 2.45) is 11.7 Å². The number of nitrogens with zero attached hydrogens (tertiary/aromatic N) is 2. The molecule has 1 aliphatic rings. The minimum Gasteiger partial charge on any atom is -0.329 e. The van der Waals surface area contributed by atoms with Crippen molar-refractivity contribution in [1.29, 1.82) is 0 Å². The Bertz CT molecular complexity index is 638. The van der Waals surface area contributed by atoms with Crippen LogP contribution in [0.1, 0.15) is 19.8 Å². The van der Waals surface area contributed by atoms with E-state index in [1.807, 2.05) is 0 Å². The number of piperidine rings is 1. The summed E-state index contributed by atoms with van der Waals surface area (Å²) in [5, 5.41) is 10.8. The van der Waals surface area contributed by atoms with Crippen LogP contribution in [0.15, 0.2) is 29.2 Å².